The normalized spacial score (nSPS) is 31.5. The molecule has 2 rings (SSSR count). The third-order valence-corrected chi connectivity index (χ3v) is 9.79. The van der Waals surface area contributed by atoms with Crippen LogP contribution < -0.4 is 0 Å². The minimum Gasteiger partial charge on any atom is -0.417 e. The van der Waals surface area contributed by atoms with Crippen LogP contribution in [-0.2, 0) is 4.43 Å². The van der Waals surface area contributed by atoms with Crippen molar-refractivity contribution >= 4 is 8.32 Å². The Labute approximate surface area is 120 Å². The number of alkyl halides is 3. The van der Waals surface area contributed by atoms with E-state index in [1.807, 2.05) is 0 Å². The summed E-state index contributed by atoms with van der Waals surface area (Å²) in [6, 6.07) is 0. The van der Waals surface area contributed by atoms with Gasteiger partial charge in [-0.1, -0.05) is 20.8 Å². The van der Waals surface area contributed by atoms with Crippen molar-refractivity contribution in [1.29, 1.82) is 0 Å². The maximum Gasteiger partial charge on any atom is 0.401 e. The third kappa shape index (κ3) is 3.57. The lowest BCUT2D eigenvalue weighted by Crippen LogP contribution is -2.42. The van der Waals surface area contributed by atoms with E-state index in [2.05, 4.69) is 33.9 Å². The van der Waals surface area contributed by atoms with Gasteiger partial charge in [0.25, 0.3) is 0 Å². The maximum absolute atomic E-state index is 12.3. The highest BCUT2D eigenvalue weighted by atomic mass is 28.4. The Hall–Kier alpha value is -0.0731. The van der Waals surface area contributed by atoms with Crippen molar-refractivity contribution in [3.63, 3.8) is 0 Å². The van der Waals surface area contributed by atoms with Crippen molar-refractivity contribution in [3.05, 3.63) is 0 Å². The summed E-state index contributed by atoms with van der Waals surface area (Å²) in [5.74, 6) is 1.36. The molecule has 0 amide bonds. The summed E-state index contributed by atoms with van der Waals surface area (Å²) in [6.07, 6.45) is -4.07. The Morgan fingerprint density at radius 1 is 1.10 bits per heavy atom. The Morgan fingerprint density at radius 3 is 2.00 bits per heavy atom. The Morgan fingerprint density at radius 2 is 1.60 bits per heavy atom. The fraction of sp³-hybridized carbons (Fsp3) is 1.00. The molecule has 2 aliphatic rings. The van der Waals surface area contributed by atoms with E-state index in [1.165, 1.54) is 4.90 Å². The van der Waals surface area contributed by atoms with E-state index in [0.717, 1.165) is 6.61 Å². The van der Waals surface area contributed by atoms with Gasteiger partial charge < -0.3 is 4.43 Å². The van der Waals surface area contributed by atoms with Crippen LogP contribution in [0.5, 0.6) is 0 Å². The van der Waals surface area contributed by atoms with Gasteiger partial charge in [0, 0.05) is 19.7 Å². The summed E-state index contributed by atoms with van der Waals surface area (Å²) in [6.45, 7) is 12.2. The topological polar surface area (TPSA) is 12.5 Å². The molecular weight excluding hydrogens is 283 g/mol. The molecule has 0 aromatic rings. The molecule has 1 heterocycles. The van der Waals surface area contributed by atoms with Gasteiger partial charge in [-0.15, -0.1) is 0 Å². The smallest absolute Gasteiger partial charge is 0.401 e. The number of nitrogens with zero attached hydrogens (tertiary/aromatic N) is 1. The molecular formula is C14H26F3NOSi. The number of hydrogen-bond donors (Lipinski definition) is 0. The molecule has 0 aromatic carbocycles. The summed E-state index contributed by atoms with van der Waals surface area (Å²) in [5, 5.41) is 0.194. The van der Waals surface area contributed by atoms with Gasteiger partial charge in [0.2, 0.25) is 0 Å². The van der Waals surface area contributed by atoms with E-state index < -0.39 is 21.0 Å². The second kappa shape index (κ2) is 4.99. The first-order chi connectivity index (χ1) is 8.91. The Kier molecular flexibility index (Phi) is 4.06. The number of likely N-dealkylation sites (tertiary alicyclic amines) is 1. The molecule has 2 unspecified atom stereocenters. The van der Waals surface area contributed by atoms with Crippen LogP contribution in [0, 0.1) is 17.8 Å². The molecule has 0 spiro atoms. The standard InChI is InChI=1S/C14H26F3NOSi/c1-13(2,3)20(4,5)19-8-12-10-6-18(7-11(10)12)9-14(15,16)17/h10-12H,6-9H2,1-5H3. The average Bonchev–Trinajstić information content (AvgIpc) is 2.65. The molecule has 1 saturated carbocycles. The number of halogens is 3. The molecule has 0 N–H and O–H groups in total. The molecule has 1 saturated heterocycles. The summed E-state index contributed by atoms with van der Waals surface area (Å²) >= 11 is 0. The molecule has 1 aliphatic heterocycles. The number of rotatable bonds is 4. The van der Waals surface area contributed by atoms with E-state index in [0.29, 0.717) is 30.8 Å². The lowest BCUT2D eigenvalue weighted by atomic mass is 10.2. The van der Waals surface area contributed by atoms with Gasteiger partial charge in [-0.2, -0.15) is 13.2 Å². The fourth-order valence-corrected chi connectivity index (χ4v) is 3.93. The van der Waals surface area contributed by atoms with Crippen LogP contribution in [0.15, 0.2) is 0 Å². The summed E-state index contributed by atoms with van der Waals surface area (Å²) in [7, 11) is -1.72. The predicted octanol–water partition coefficient (Wildman–Crippen LogP) is 3.75. The lowest BCUT2D eigenvalue weighted by Gasteiger charge is -2.36. The van der Waals surface area contributed by atoms with E-state index >= 15 is 0 Å². The minimum absolute atomic E-state index is 0.194. The summed E-state index contributed by atoms with van der Waals surface area (Å²) < 4.78 is 43.2. The second-order valence-electron chi connectivity index (χ2n) is 7.87. The summed E-state index contributed by atoms with van der Waals surface area (Å²) in [4.78, 5) is 1.54. The van der Waals surface area contributed by atoms with Gasteiger partial charge in [0.1, 0.15) is 0 Å². The highest BCUT2D eigenvalue weighted by Crippen LogP contribution is 2.52. The minimum atomic E-state index is -4.07. The quantitative estimate of drug-likeness (QED) is 0.733. The zero-order valence-electron chi connectivity index (χ0n) is 13.0. The highest BCUT2D eigenvalue weighted by molar-refractivity contribution is 6.74. The van der Waals surface area contributed by atoms with Crippen LogP contribution in [0.2, 0.25) is 18.1 Å². The van der Waals surface area contributed by atoms with Gasteiger partial charge in [-0.3, -0.25) is 4.90 Å². The molecule has 6 heteroatoms. The first-order valence-electron chi connectivity index (χ1n) is 7.34. The molecule has 118 valence electrons. The molecule has 2 atom stereocenters. The second-order valence-corrected chi connectivity index (χ2v) is 12.7. The van der Waals surface area contributed by atoms with E-state index in [-0.39, 0.29) is 5.04 Å². The van der Waals surface area contributed by atoms with Crippen LogP contribution in [-0.4, -0.2) is 45.6 Å². The van der Waals surface area contributed by atoms with Gasteiger partial charge in [0.15, 0.2) is 8.32 Å². The van der Waals surface area contributed by atoms with Gasteiger partial charge >= 0.3 is 6.18 Å². The molecule has 0 aromatic heterocycles. The van der Waals surface area contributed by atoms with Crippen LogP contribution in [0.25, 0.3) is 0 Å². The Balaban J connectivity index is 1.74. The van der Waals surface area contributed by atoms with Gasteiger partial charge in [-0.05, 0) is 35.9 Å². The van der Waals surface area contributed by atoms with Crippen molar-refractivity contribution < 1.29 is 17.6 Å². The molecule has 2 nitrogen and oxygen atoms in total. The largest absolute Gasteiger partial charge is 0.417 e. The zero-order valence-corrected chi connectivity index (χ0v) is 14.0. The third-order valence-electron chi connectivity index (χ3n) is 5.29. The van der Waals surface area contributed by atoms with Crippen LogP contribution >= 0.6 is 0 Å². The lowest BCUT2D eigenvalue weighted by molar-refractivity contribution is -0.145. The van der Waals surface area contributed by atoms with E-state index in [4.69, 9.17) is 4.43 Å². The van der Waals surface area contributed by atoms with Crippen molar-refractivity contribution in [3.8, 4) is 0 Å². The number of fused-ring (bicyclic) bond motifs is 1. The molecule has 0 bridgehead atoms. The molecule has 0 radical (unpaired) electrons. The monoisotopic (exact) mass is 309 g/mol. The SMILES string of the molecule is CC(C)(C)[Si](C)(C)OCC1C2CN(CC(F)(F)F)CC12. The number of hydrogen-bond acceptors (Lipinski definition) is 2. The molecule has 1 aliphatic carbocycles. The predicted molar refractivity (Wildman–Crippen MR) is 76.1 cm³/mol. The first-order valence-corrected chi connectivity index (χ1v) is 10.2. The zero-order chi connectivity index (χ0) is 15.3. The average molecular weight is 309 g/mol. The molecule has 2 fully saturated rings. The van der Waals surface area contributed by atoms with Crippen LogP contribution in [0.3, 0.4) is 0 Å². The Bertz CT molecular complexity index is 352. The fourth-order valence-electron chi connectivity index (χ4n) is 2.89. The highest BCUT2D eigenvalue weighted by Gasteiger charge is 2.57. The van der Waals surface area contributed by atoms with Crippen LogP contribution in [0.1, 0.15) is 20.8 Å². The van der Waals surface area contributed by atoms with Crippen molar-refractivity contribution in [2.75, 3.05) is 26.2 Å². The van der Waals surface area contributed by atoms with E-state index in [9.17, 15) is 13.2 Å². The van der Waals surface area contributed by atoms with Crippen molar-refractivity contribution in [1.82, 2.24) is 4.90 Å². The first kappa shape index (κ1) is 16.3. The van der Waals surface area contributed by atoms with Gasteiger partial charge in [-0.25, -0.2) is 0 Å². The van der Waals surface area contributed by atoms with E-state index in [1.54, 1.807) is 0 Å². The van der Waals surface area contributed by atoms with Crippen molar-refractivity contribution in [2.24, 2.45) is 17.8 Å². The molecule has 20 heavy (non-hydrogen) atoms. The van der Waals surface area contributed by atoms with Gasteiger partial charge in [0.05, 0.1) is 6.54 Å². The van der Waals surface area contributed by atoms with Crippen molar-refractivity contribution in [2.45, 2.75) is 45.1 Å². The van der Waals surface area contributed by atoms with Crippen LogP contribution in [0.4, 0.5) is 13.2 Å². The number of piperidine rings is 1. The maximum atomic E-state index is 12.3. The summed E-state index contributed by atoms with van der Waals surface area (Å²) in [5.41, 5.74) is 0.